The van der Waals surface area contributed by atoms with Crippen LogP contribution in [0.15, 0.2) is 42.7 Å². The molecular weight excluding hydrogens is 312 g/mol. The first-order chi connectivity index (χ1) is 10.3. The predicted octanol–water partition coefficient (Wildman–Crippen LogP) is -0.875. The number of nitrogens with two attached hydrogens (primary N) is 1. The molecule has 1 aromatic carbocycles. The maximum absolute atomic E-state index is 10.4. The van der Waals surface area contributed by atoms with Crippen molar-refractivity contribution in [2.24, 2.45) is 0 Å². The van der Waals surface area contributed by atoms with E-state index in [0.29, 0.717) is 18.2 Å². The SMILES string of the molecule is Nc1ccc[nH+]c1.O.O=C([O-])c1cc([N+](=O)[O-])cc([N+](=O)[O-])c1. The number of nitrogen functional groups attached to an aromatic ring is 1. The lowest BCUT2D eigenvalue weighted by Gasteiger charge is -2.01. The summed E-state index contributed by atoms with van der Waals surface area (Å²) in [6.45, 7) is 0. The molecule has 11 heteroatoms. The highest BCUT2D eigenvalue weighted by Gasteiger charge is 2.16. The van der Waals surface area contributed by atoms with Gasteiger partial charge >= 0.3 is 0 Å². The van der Waals surface area contributed by atoms with Crippen LogP contribution >= 0.6 is 0 Å². The number of non-ortho nitro benzene ring substituents is 2. The number of carbonyl (C=O) groups is 1. The van der Waals surface area contributed by atoms with Gasteiger partial charge < -0.3 is 21.1 Å². The number of anilines is 1. The third-order valence-electron chi connectivity index (χ3n) is 2.29. The Morgan fingerprint density at radius 1 is 1.09 bits per heavy atom. The summed E-state index contributed by atoms with van der Waals surface area (Å²) in [6, 6.07) is 5.75. The number of benzene rings is 1. The average molecular weight is 324 g/mol. The highest BCUT2D eigenvalue weighted by Crippen LogP contribution is 2.22. The molecule has 1 aromatic heterocycles. The van der Waals surface area contributed by atoms with E-state index in [1.165, 1.54) is 0 Å². The molecular formula is C12H12N4O7. The fourth-order valence-corrected chi connectivity index (χ4v) is 1.33. The molecule has 5 N–H and O–H groups in total. The number of aromatic nitrogens is 1. The van der Waals surface area contributed by atoms with Crippen LogP contribution in [0.25, 0.3) is 0 Å². The topological polar surface area (TPSA) is 198 Å². The molecule has 0 aliphatic carbocycles. The van der Waals surface area contributed by atoms with E-state index in [-0.39, 0.29) is 5.48 Å². The summed E-state index contributed by atoms with van der Waals surface area (Å²) in [5, 5.41) is 31.0. The van der Waals surface area contributed by atoms with Gasteiger partial charge in [0.1, 0.15) is 0 Å². The molecule has 11 nitrogen and oxygen atoms in total. The second-order valence-corrected chi connectivity index (χ2v) is 3.88. The lowest BCUT2D eigenvalue weighted by Crippen LogP contribution is -2.22. The van der Waals surface area contributed by atoms with E-state index in [1.54, 1.807) is 6.20 Å². The van der Waals surface area contributed by atoms with E-state index < -0.39 is 32.8 Å². The highest BCUT2D eigenvalue weighted by molar-refractivity contribution is 5.87. The Labute approximate surface area is 128 Å². The molecule has 0 saturated heterocycles. The first kappa shape index (κ1) is 19.4. The van der Waals surface area contributed by atoms with Gasteiger partial charge in [-0.1, -0.05) is 0 Å². The second kappa shape index (κ2) is 8.63. The molecule has 0 saturated carbocycles. The standard InChI is InChI=1S/C7H4N2O6.C5H6N2.H2O/c10-7(11)4-1-5(8(12)13)3-6(2-4)9(14)15;6-5-2-1-3-7-4-5;/h1-3H,(H,10,11);1-4H,6H2;1H2. The zero-order valence-electron chi connectivity index (χ0n) is 11.5. The van der Waals surface area contributed by atoms with Crippen molar-refractivity contribution in [2.45, 2.75) is 0 Å². The molecule has 0 bridgehead atoms. The summed E-state index contributed by atoms with van der Waals surface area (Å²) in [5.41, 5.74) is 4.16. The monoisotopic (exact) mass is 324 g/mol. The van der Waals surface area contributed by atoms with Gasteiger partial charge in [-0.3, -0.25) is 20.2 Å². The molecule has 0 aliphatic rings. The molecule has 2 rings (SSSR count). The number of hydrogen-bond donors (Lipinski definition) is 1. The number of hydrogen-bond acceptors (Lipinski definition) is 7. The molecule has 1 heterocycles. The summed E-state index contributed by atoms with van der Waals surface area (Å²) < 4.78 is 0. The third kappa shape index (κ3) is 6.14. The first-order valence-electron chi connectivity index (χ1n) is 5.68. The van der Waals surface area contributed by atoms with E-state index in [1.807, 2.05) is 18.3 Å². The van der Waals surface area contributed by atoms with Gasteiger partial charge in [0, 0.05) is 23.8 Å². The van der Waals surface area contributed by atoms with E-state index in [2.05, 4.69) is 4.98 Å². The fourth-order valence-electron chi connectivity index (χ4n) is 1.33. The Hall–Kier alpha value is -3.60. The Balaban J connectivity index is 0.000000509. The Kier molecular flexibility index (Phi) is 7.28. The van der Waals surface area contributed by atoms with Crippen LogP contribution in [0.5, 0.6) is 0 Å². The van der Waals surface area contributed by atoms with E-state index in [4.69, 9.17) is 5.73 Å². The van der Waals surface area contributed by atoms with Crippen molar-refractivity contribution in [3.8, 4) is 0 Å². The number of nitro benzene ring substituents is 2. The molecule has 2 aromatic rings. The maximum Gasteiger partial charge on any atom is 0.276 e. The zero-order chi connectivity index (χ0) is 16.7. The Morgan fingerprint density at radius 3 is 1.87 bits per heavy atom. The summed E-state index contributed by atoms with van der Waals surface area (Å²) in [6.07, 6.45) is 3.55. The van der Waals surface area contributed by atoms with Crippen molar-refractivity contribution in [2.75, 3.05) is 5.73 Å². The van der Waals surface area contributed by atoms with Crippen molar-refractivity contribution >= 4 is 23.0 Å². The van der Waals surface area contributed by atoms with Gasteiger partial charge in [-0.15, -0.1) is 0 Å². The minimum Gasteiger partial charge on any atom is -0.545 e. The summed E-state index contributed by atoms with van der Waals surface area (Å²) in [4.78, 5) is 32.0. The number of aromatic amines is 1. The summed E-state index contributed by atoms with van der Waals surface area (Å²) in [5.74, 6) is -1.71. The van der Waals surface area contributed by atoms with Crippen LogP contribution in [-0.2, 0) is 0 Å². The van der Waals surface area contributed by atoms with Crippen LogP contribution in [0.3, 0.4) is 0 Å². The van der Waals surface area contributed by atoms with Crippen molar-refractivity contribution < 1.29 is 30.2 Å². The number of carbonyl (C=O) groups excluding carboxylic acids is 1. The van der Waals surface area contributed by atoms with Crippen molar-refractivity contribution in [3.05, 3.63) is 68.5 Å². The third-order valence-corrected chi connectivity index (χ3v) is 2.29. The average Bonchev–Trinajstić information content (AvgIpc) is 2.48. The lowest BCUT2D eigenvalue weighted by molar-refractivity contribution is -0.394. The zero-order valence-corrected chi connectivity index (χ0v) is 11.5. The Bertz CT molecular complexity index is 627. The molecule has 0 fully saturated rings. The molecule has 0 aliphatic heterocycles. The van der Waals surface area contributed by atoms with Gasteiger partial charge in [0.05, 0.1) is 27.6 Å². The number of nitrogens with zero attached hydrogens (tertiary/aromatic N) is 2. The van der Waals surface area contributed by atoms with Gasteiger partial charge in [0.25, 0.3) is 11.4 Å². The van der Waals surface area contributed by atoms with Gasteiger partial charge in [-0.25, -0.2) is 4.98 Å². The van der Waals surface area contributed by atoms with Crippen molar-refractivity contribution in [1.29, 1.82) is 0 Å². The molecule has 0 atom stereocenters. The van der Waals surface area contributed by atoms with Crippen LogP contribution in [0.1, 0.15) is 10.4 Å². The quantitative estimate of drug-likeness (QED) is 0.558. The van der Waals surface area contributed by atoms with Gasteiger partial charge in [-0.2, -0.15) is 0 Å². The largest absolute Gasteiger partial charge is 0.545 e. The molecule has 0 unspecified atom stereocenters. The molecule has 0 spiro atoms. The molecule has 0 radical (unpaired) electrons. The van der Waals surface area contributed by atoms with Crippen LogP contribution in [0.2, 0.25) is 0 Å². The van der Waals surface area contributed by atoms with Crippen LogP contribution < -0.4 is 15.8 Å². The van der Waals surface area contributed by atoms with Gasteiger partial charge in [0.2, 0.25) is 0 Å². The number of rotatable bonds is 3. The lowest BCUT2D eigenvalue weighted by atomic mass is 10.2. The van der Waals surface area contributed by atoms with Gasteiger partial charge in [0.15, 0.2) is 12.4 Å². The van der Waals surface area contributed by atoms with Crippen molar-refractivity contribution in [3.63, 3.8) is 0 Å². The van der Waals surface area contributed by atoms with E-state index in [0.717, 1.165) is 5.69 Å². The summed E-state index contributed by atoms with van der Waals surface area (Å²) in [7, 11) is 0. The highest BCUT2D eigenvalue weighted by atomic mass is 16.6. The minimum absolute atomic E-state index is 0. The molecule has 23 heavy (non-hydrogen) atoms. The molecule has 122 valence electrons. The maximum atomic E-state index is 10.4. The first-order valence-corrected chi connectivity index (χ1v) is 5.68. The number of pyridine rings is 1. The fraction of sp³-hybridized carbons (Fsp3) is 0. The van der Waals surface area contributed by atoms with Crippen LogP contribution in [0, 0.1) is 20.2 Å². The van der Waals surface area contributed by atoms with Crippen LogP contribution in [-0.4, -0.2) is 21.3 Å². The number of H-pyrrole nitrogens is 1. The summed E-state index contributed by atoms with van der Waals surface area (Å²) >= 11 is 0. The number of nitro groups is 2. The van der Waals surface area contributed by atoms with Crippen LogP contribution in [0.4, 0.5) is 17.1 Å². The Morgan fingerprint density at radius 2 is 1.61 bits per heavy atom. The predicted molar refractivity (Wildman–Crippen MR) is 75.1 cm³/mol. The van der Waals surface area contributed by atoms with Gasteiger partial charge in [-0.05, 0) is 6.07 Å². The van der Waals surface area contributed by atoms with E-state index in [9.17, 15) is 30.1 Å². The number of nitrogens with one attached hydrogen (secondary N) is 1. The van der Waals surface area contributed by atoms with E-state index >= 15 is 0 Å². The second-order valence-electron chi connectivity index (χ2n) is 3.88. The number of aromatic carboxylic acids is 1. The normalized spacial score (nSPS) is 8.87. The van der Waals surface area contributed by atoms with Crippen molar-refractivity contribution in [1.82, 2.24) is 0 Å². The number of carboxylic acid groups (broad SMARTS) is 1. The number of carboxylic acids is 1. The minimum atomic E-state index is -1.71. The molecule has 0 amide bonds. The smallest absolute Gasteiger partial charge is 0.276 e.